The Labute approximate surface area is 121 Å². The zero-order valence-corrected chi connectivity index (χ0v) is 12.3. The second-order valence-electron chi connectivity index (χ2n) is 5.74. The molecule has 0 amide bonds. The van der Waals surface area contributed by atoms with E-state index in [0.717, 1.165) is 30.6 Å². The zero-order chi connectivity index (χ0) is 14.5. The van der Waals surface area contributed by atoms with Crippen LogP contribution in [0, 0.1) is 5.92 Å². The van der Waals surface area contributed by atoms with Gasteiger partial charge in [0.25, 0.3) is 0 Å². The molecule has 3 nitrogen and oxygen atoms in total. The van der Waals surface area contributed by atoms with Crippen LogP contribution in [0.15, 0.2) is 24.3 Å². The highest BCUT2D eigenvalue weighted by atomic mass is 16.5. The van der Waals surface area contributed by atoms with Crippen LogP contribution in [0.25, 0.3) is 0 Å². The first kappa shape index (κ1) is 14.9. The third kappa shape index (κ3) is 3.53. The number of carboxylic acid groups (broad SMARTS) is 1. The van der Waals surface area contributed by atoms with Crippen LogP contribution in [0.5, 0.6) is 5.75 Å². The molecule has 0 spiro atoms. The quantitative estimate of drug-likeness (QED) is 0.846. The molecule has 0 aromatic heterocycles. The summed E-state index contributed by atoms with van der Waals surface area (Å²) in [5.74, 6) is -0.189. The van der Waals surface area contributed by atoms with Crippen molar-refractivity contribution in [1.29, 1.82) is 0 Å². The fourth-order valence-electron chi connectivity index (χ4n) is 3.07. The minimum absolute atomic E-state index is 0.0413. The van der Waals surface area contributed by atoms with Crippen molar-refractivity contribution < 1.29 is 14.6 Å². The minimum atomic E-state index is -0.737. The van der Waals surface area contributed by atoms with Gasteiger partial charge in [0.15, 0.2) is 0 Å². The maximum Gasteiger partial charge on any atom is 0.306 e. The molecular formula is C17H24O3. The van der Waals surface area contributed by atoms with E-state index in [0.29, 0.717) is 6.10 Å². The summed E-state index contributed by atoms with van der Waals surface area (Å²) in [6.45, 7) is 3.82. The van der Waals surface area contributed by atoms with Gasteiger partial charge in [-0.2, -0.15) is 0 Å². The molecule has 0 aliphatic heterocycles. The first-order chi connectivity index (χ1) is 9.61. The molecule has 1 aliphatic carbocycles. The Morgan fingerprint density at radius 3 is 2.70 bits per heavy atom. The summed E-state index contributed by atoms with van der Waals surface area (Å²) in [5.41, 5.74) is 1.07. The van der Waals surface area contributed by atoms with Gasteiger partial charge in [0.1, 0.15) is 5.75 Å². The van der Waals surface area contributed by atoms with Crippen LogP contribution in [0.3, 0.4) is 0 Å². The number of benzene rings is 1. The van der Waals surface area contributed by atoms with Crippen LogP contribution < -0.4 is 4.74 Å². The lowest BCUT2D eigenvalue weighted by atomic mass is 9.85. The van der Waals surface area contributed by atoms with Crippen molar-refractivity contribution in [2.24, 2.45) is 5.92 Å². The molecule has 0 heterocycles. The van der Waals surface area contributed by atoms with Gasteiger partial charge in [-0.05, 0) is 55.7 Å². The molecule has 1 N–H and O–H groups in total. The smallest absolute Gasteiger partial charge is 0.306 e. The number of rotatable bonds is 6. The number of aliphatic carboxylic acids is 1. The Balaban J connectivity index is 2.12. The summed E-state index contributed by atoms with van der Waals surface area (Å²) in [6, 6.07) is 7.97. The van der Waals surface area contributed by atoms with Crippen LogP contribution in [0.4, 0.5) is 0 Å². The lowest BCUT2D eigenvalue weighted by Gasteiger charge is -2.21. The number of hydrogen-bond acceptors (Lipinski definition) is 2. The van der Waals surface area contributed by atoms with Gasteiger partial charge in [-0.25, -0.2) is 0 Å². The van der Waals surface area contributed by atoms with Gasteiger partial charge in [0.2, 0.25) is 0 Å². The number of ether oxygens (including phenoxy) is 1. The summed E-state index contributed by atoms with van der Waals surface area (Å²) in [6.07, 6.45) is 5.92. The van der Waals surface area contributed by atoms with Crippen molar-refractivity contribution in [3.05, 3.63) is 29.8 Å². The van der Waals surface area contributed by atoms with E-state index >= 15 is 0 Å². The molecule has 2 atom stereocenters. The topological polar surface area (TPSA) is 46.5 Å². The molecule has 110 valence electrons. The molecule has 20 heavy (non-hydrogen) atoms. The van der Waals surface area contributed by atoms with Gasteiger partial charge in [-0.15, -0.1) is 0 Å². The minimum Gasteiger partial charge on any atom is -0.490 e. The van der Waals surface area contributed by atoms with Gasteiger partial charge < -0.3 is 9.84 Å². The molecule has 1 fully saturated rings. The van der Waals surface area contributed by atoms with E-state index in [1.54, 1.807) is 6.92 Å². The maximum atomic E-state index is 11.2. The molecule has 1 aromatic carbocycles. The first-order valence-electron chi connectivity index (χ1n) is 7.61. The van der Waals surface area contributed by atoms with Gasteiger partial charge in [-0.3, -0.25) is 4.79 Å². The fourth-order valence-corrected chi connectivity index (χ4v) is 3.07. The standard InChI is InChI=1S/C17H24O3/c1-3-16(12(2)17(18)19)13-7-6-10-15(11-13)20-14-8-4-5-9-14/h6-7,10-12,14,16H,3-5,8-9H2,1-2H3,(H,18,19)/t12-,16-/m1/s1. The maximum absolute atomic E-state index is 11.2. The fraction of sp³-hybridized carbons (Fsp3) is 0.588. The zero-order valence-electron chi connectivity index (χ0n) is 12.3. The summed E-state index contributed by atoms with van der Waals surface area (Å²) in [5, 5.41) is 9.21. The molecule has 0 bridgehead atoms. The van der Waals surface area contributed by atoms with E-state index in [1.165, 1.54) is 12.8 Å². The Morgan fingerprint density at radius 2 is 2.10 bits per heavy atom. The summed E-state index contributed by atoms with van der Waals surface area (Å²) in [4.78, 5) is 11.2. The van der Waals surface area contributed by atoms with Crippen LogP contribution in [0.1, 0.15) is 57.4 Å². The second kappa shape index (κ2) is 6.78. The summed E-state index contributed by atoms with van der Waals surface area (Å²) in [7, 11) is 0. The molecule has 0 radical (unpaired) electrons. The molecule has 3 heteroatoms. The average Bonchev–Trinajstić information content (AvgIpc) is 2.92. The van der Waals surface area contributed by atoms with E-state index < -0.39 is 5.97 Å². The Hall–Kier alpha value is -1.51. The SMILES string of the molecule is CC[C@@H](c1cccc(OC2CCCC2)c1)[C@@H](C)C(=O)O. The van der Waals surface area contributed by atoms with Gasteiger partial charge in [-0.1, -0.05) is 26.0 Å². The Bertz CT molecular complexity index is 449. The average molecular weight is 276 g/mol. The summed E-state index contributed by atoms with van der Waals surface area (Å²) < 4.78 is 6.00. The molecule has 0 unspecified atom stereocenters. The van der Waals surface area contributed by atoms with E-state index in [2.05, 4.69) is 0 Å². The normalized spacial score (nSPS) is 18.7. The van der Waals surface area contributed by atoms with Crippen molar-refractivity contribution in [1.82, 2.24) is 0 Å². The largest absolute Gasteiger partial charge is 0.490 e. The van der Waals surface area contributed by atoms with Crippen molar-refractivity contribution >= 4 is 5.97 Å². The summed E-state index contributed by atoms with van der Waals surface area (Å²) >= 11 is 0. The monoisotopic (exact) mass is 276 g/mol. The van der Waals surface area contributed by atoms with E-state index in [-0.39, 0.29) is 11.8 Å². The highest BCUT2D eigenvalue weighted by Gasteiger charge is 2.24. The predicted molar refractivity (Wildman–Crippen MR) is 79.2 cm³/mol. The molecule has 0 saturated heterocycles. The number of hydrogen-bond donors (Lipinski definition) is 1. The van der Waals surface area contributed by atoms with Crippen LogP contribution in [-0.4, -0.2) is 17.2 Å². The highest BCUT2D eigenvalue weighted by molar-refractivity contribution is 5.71. The lowest BCUT2D eigenvalue weighted by Crippen LogP contribution is -2.18. The van der Waals surface area contributed by atoms with Crippen LogP contribution in [-0.2, 0) is 4.79 Å². The highest BCUT2D eigenvalue weighted by Crippen LogP contribution is 2.31. The molecule has 1 saturated carbocycles. The van der Waals surface area contributed by atoms with E-state index in [9.17, 15) is 9.90 Å². The van der Waals surface area contributed by atoms with Crippen molar-refractivity contribution in [3.8, 4) is 5.75 Å². The van der Waals surface area contributed by atoms with Gasteiger partial charge in [0.05, 0.1) is 12.0 Å². The van der Waals surface area contributed by atoms with E-state index in [4.69, 9.17) is 4.74 Å². The number of carbonyl (C=O) groups is 1. The molecular weight excluding hydrogens is 252 g/mol. The first-order valence-corrected chi connectivity index (χ1v) is 7.61. The molecule has 1 aliphatic rings. The third-order valence-electron chi connectivity index (χ3n) is 4.32. The van der Waals surface area contributed by atoms with Gasteiger partial charge in [0, 0.05) is 0 Å². The Morgan fingerprint density at radius 1 is 1.40 bits per heavy atom. The number of carboxylic acids is 1. The second-order valence-corrected chi connectivity index (χ2v) is 5.74. The van der Waals surface area contributed by atoms with Crippen molar-refractivity contribution in [2.45, 2.75) is 58.0 Å². The molecule has 1 aromatic rings. The third-order valence-corrected chi connectivity index (χ3v) is 4.32. The lowest BCUT2D eigenvalue weighted by molar-refractivity contribution is -0.141. The van der Waals surface area contributed by atoms with Crippen molar-refractivity contribution in [2.75, 3.05) is 0 Å². The van der Waals surface area contributed by atoms with E-state index in [1.807, 2.05) is 31.2 Å². The van der Waals surface area contributed by atoms with Crippen LogP contribution in [0.2, 0.25) is 0 Å². The van der Waals surface area contributed by atoms with Gasteiger partial charge >= 0.3 is 5.97 Å². The van der Waals surface area contributed by atoms with Crippen molar-refractivity contribution in [3.63, 3.8) is 0 Å². The Kier molecular flexibility index (Phi) is 5.05. The molecule has 2 rings (SSSR count). The van der Waals surface area contributed by atoms with Crippen LogP contribution >= 0.6 is 0 Å². The predicted octanol–water partition coefficient (Wildman–Crippen LogP) is 4.22.